The van der Waals surface area contributed by atoms with Gasteiger partial charge in [0, 0.05) is 30.9 Å². The molecule has 0 bridgehead atoms. The highest BCUT2D eigenvalue weighted by Crippen LogP contribution is 2.40. The number of hydrogen-bond donors (Lipinski definition) is 1. The number of nitrogens with zero attached hydrogens (tertiary/aromatic N) is 2. The molecule has 7 heteroatoms. The second-order valence-corrected chi connectivity index (χ2v) is 5.36. The predicted octanol–water partition coefficient (Wildman–Crippen LogP) is 2.78. The molecule has 1 amide bonds. The van der Waals surface area contributed by atoms with E-state index in [4.69, 9.17) is 0 Å². The molecular formula is C15H14F3N3O. The summed E-state index contributed by atoms with van der Waals surface area (Å²) in [4.78, 5) is 16.1. The SMILES string of the molecule is Cn1cncc1[C@@H]1C[C@H]1NC(=O)c1cccc(C(F)F)c1F. The maximum atomic E-state index is 13.9. The number of imidazole rings is 1. The van der Waals surface area contributed by atoms with E-state index < -0.39 is 23.7 Å². The maximum Gasteiger partial charge on any atom is 0.266 e. The fraction of sp³-hybridized carbons (Fsp3) is 0.333. The molecule has 2 aromatic rings. The molecule has 0 unspecified atom stereocenters. The minimum atomic E-state index is -2.95. The lowest BCUT2D eigenvalue weighted by Crippen LogP contribution is -2.28. The van der Waals surface area contributed by atoms with Crippen molar-refractivity contribution in [3.05, 3.63) is 53.4 Å². The van der Waals surface area contributed by atoms with E-state index in [1.807, 2.05) is 11.6 Å². The highest BCUT2D eigenvalue weighted by atomic mass is 19.3. The number of carbonyl (C=O) groups is 1. The molecule has 0 aliphatic heterocycles. The molecule has 22 heavy (non-hydrogen) atoms. The van der Waals surface area contributed by atoms with E-state index in [-0.39, 0.29) is 17.5 Å². The van der Waals surface area contributed by atoms with Gasteiger partial charge in [-0.25, -0.2) is 18.2 Å². The molecule has 1 aliphatic rings. The number of benzene rings is 1. The van der Waals surface area contributed by atoms with Crippen LogP contribution in [0.5, 0.6) is 0 Å². The molecule has 1 fully saturated rings. The standard InChI is InChI=1S/C15H14F3N3O/c1-21-7-19-6-12(21)10-5-11(10)20-15(22)9-4-2-3-8(13(9)16)14(17)18/h2-4,6-7,10-11,14H,5H2,1H3,(H,20,22)/t10-,11-/m1/s1. The molecule has 1 aromatic heterocycles. The van der Waals surface area contributed by atoms with Gasteiger partial charge in [-0.15, -0.1) is 0 Å². The summed E-state index contributed by atoms with van der Waals surface area (Å²) in [5.41, 5.74) is -0.132. The van der Waals surface area contributed by atoms with Crippen LogP contribution in [0.1, 0.15) is 40.4 Å². The van der Waals surface area contributed by atoms with Gasteiger partial charge < -0.3 is 9.88 Å². The largest absolute Gasteiger partial charge is 0.349 e. The zero-order valence-electron chi connectivity index (χ0n) is 11.8. The van der Waals surface area contributed by atoms with Gasteiger partial charge in [-0.3, -0.25) is 4.79 Å². The number of amides is 1. The minimum Gasteiger partial charge on any atom is -0.349 e. The normalized spacial score (nSPS) is 20.2. The van der Waals surface area contributed by atoms with E-state index >= 15 is 0 Å². The second kappa shape index (κ2) is 5.47. The third-order valence-corrected chi connectivity index (χ3v) is 3.85. The van der Waals surface area contributed by atoms with Crippen LogP contribution in [0.4, 0.5) is 13.2 Å². The first-order chi connectivity index (χ1) is 10.5. The zero-order chi connectivity index (χ0) is 15.9. The van der Waals surface area contributed by atoms with E-state index in [0.717, 1.165) is 18.2 Å². The van der Waals surface area contributed by atoms with Crippen molar-refractivity contribution in [2.45, 2.75) is 24.8 Å². The van der Waals surface area contributed by atoms with Crippen LogP contribution in [0.15, 0.2) is 30.7 Å². The van der Waals surface area contributed by atoms with Crippen molar-refractivity contribution in [2.24, 2.45) is 7.05 Å². The van der Waals surface area contributed by atoms with Crippen LogP contribution in [0.3, 0.4) is 0 Å². The molecule has 1 aromatic carbocycles. The fourth-order valence-electron chi connectivity index (χ4n) is 2.55. The fourth-order valence-corrected chi connectivity index (χ4v) is 2.55. The Bertz CT molecular complexity index is 714. The van der Waals surface area contributed by atoms with Gasteiger partial charge in [-0.1, -0.05) is 12.1 Å². The Hall–Kier alpha value is -2.31. The first-order valence-electron chi connectivity index (χ1n) is 6.82. The Balaban J connectivity index is 1.72. The zero-order valence-corrected chi connectivity index (χ0v) is 11.8. The second-order valence-electron chi connectivity index (χ2n) is 5.36. The van der Waals surface area contributed by atoms with Crippen molar-refractivity contribution in [3.63, 3.8) is 0 Å². The summed E-state index contributed by atoms with van der Waals surface area (Å²) in [6.07, 6.45) is 1.16. The number of aromatic nitrogens is 2. The van der Waals surface area contributed by atoms with Crippen LogP contribution in [0.2, 0.25) is 0 Å². The molecule has 3 rings (SSSR count). The van der Waals surface area contributed by atoms with Gasteiger partial charge in [0.1, 0.15) is 5.82 Å². The summed E-state index contributed by atoms with van der Waals surface area (Å²) in [5, 5.41) is 2.68. The molecule has 116 valence electrons. The van der Waals surface area contributed by atoms with E-state index in [9.17, 15) is 18.0 Å². The van der Waals surface area contributed by atoms with E-state index in [0.29, 0.717) is 0 Å². The van der Waals surface area contributed by atoms with Crippen LogP contribution in [0, 0.1) is 5.82 Å². The molecule has 2 atom stereocenters. The third-order valence-electron chi connectivity index (χ3n) is 3.85. The number of alkyl halides is 2. The Kier molecular flexibility index (Phi) is 3.64. The smallest absolute Gasteiger partial charge is 0.266 e. The lowest BCUT2D eigenvalue weighted by atomic mass is 10.1. The summed E-state index contributed by atoms with van der Waals surface area (Å²) in [6, 6.07) is 3.31. The van der Waals surface area contributed by atoms with Gasteiger partial charge in [-0.2, -0.15) is 0 Å². The van der Waals surface area contributed by atoms with E-state index in [2.05, 4.69) is 10.3 Å². The van der Waals surface area contributed by atoms with Crippen LogP contribution >= 0.6 is 0 Å². The average Bonchev–Trinajstić information content (AvgIpc) is 3.08. The van der Waals surface area contributed by atoms with Gasteiger partial charge in [0.2, 0.25) is 0 Å². The molecule has 1 aliphatic carbocycles. The molecule has 4 nitrogen and oxygen atoms in total. The molecule has 0 radical (unpaired) electrons. The number of carbonyl (C=O) groups excluding carboxylic acids is 1. The molecule has 1 saturated carbocycles. The lowest BCUT2D eigenvalue weighted by molar-refractivity contribution is 0.0944. The summed E-state index contributed by atoms with van der Waals surface area (Å²) in [5.74, 6) is -1.71. The Labute approximate surface area is 125 Å². The molecule has 0 saturated heterocycles. The van der Waals surface area contributed by atoms with Crippen molar-refractivity contribution in [3.8, 4) is 0 Å². The van der Waals surface area contributed by atoms with Gasteiger partial charge in [0.15, 0.2) is 0 Å². The number of nitrogens with one attached hydrogen (secondary N) is 1. The van der Waals surface area contributed by atoms with Gasteiger partial charge >= 0.3 is 0 Å². The highest BCUT2D eigenvalue weighted by Gasteiger charge is 2.41. The Morgan fingerprint density at radius 3 is 2.86 bits per heavy atom. The third kappa shape index (κ3) is 2.58. The summed E-state index contributed by atoms with van der Waals surface area (Å²) >= 11 is 0. The van der Waals surface area contributed by atoms with E-state index in [1.54, 1.807) is 12.5 Å². The minimum absolute atomic E-state index is 0.123. The number of rotatable bonds is 4. The predicted molar refractivity (Wildman–Crippen MR) is 73.2 cm³/mol. The average molecular weight is 309 g/mol. The number of halogens is 3. The van der Waals surface area contributed by atoms with Crippen LogP contribution < -0.4 is 5.32 Å². The maximum absolute atomic E-state index is 13.9. The lowest BCUT2D eigenvalue weighted by Gasteiger charge is -2.09. The number of aryl methyl sites for hydroxylation is 1. The van der Waals surface area contributed by atoms with Crippen molar-refractivity contribution >= 4 is 5.91 Å². The van der Waals surface area contributed by atoms with Crippen LogP contribution in [-0.2, 0) is 7.05 Å². The van der Waals surface area contributed by atoms with Crippen LogP contribution in [0.25, 0.3) is 0 Å². The van der Waals surface area contributed by atoms with Gasteiger partial charge in [-0.05, 0) is 12.5 Å². The first kappa shape index (κ1) is 14.6. The summed E-state index contributed by atoms with van der Waals surface area (Å²) in [7, 11) is 1.85. The Morgan fingerprint density at radius 2 is 2.23 bits per heavy atom. The molecule has 1 heterocycles. The summed E-state index contributed by atoms with van der Waals surface area (Å²) in [6.45, 7) is 0. The van der Waals surface area contributed by atoms with Gasteiger partial charge in [0.25, 0.3) is 12.3 Å². The number of hydrogen-bond acceptors (Lipinski definition) is 2. The summed E-state index contributed by atoms with van der Waals surface area (Å²) < 4.78 is 41.1. The van der Waals surface area contributed by atoms with Gasteiger partial charge in [0.05, 0.1) is 17.5 Å². The quantitative estimate of drug-likeness (QED) is 0.944. The first-order valence-corrected chi connectivity index (χ1v) is 6.82. The van der Waals surface area contributed by atoms with Crippen molar-refractivity contribution in [2.75, 3.05) is 0 Å². The molecule has 0 spiro atoms. The Morgan fingerprint density at radius 1 is 1.45 bits per heavy atom. The monoisotopic (exact) mass is 309 g/mol. The van der Waals surface area contributed by atoms with E-state index in [1.165, 1.54) is 12.1 Å². The van der Waals surface area contributed by atoms with Crippen LogP contribution in [-0.4, -0.2) is 21.5 Å². The molecular weight excluding hydrogens is 295 g/mol. The van der Waals surface area contributed by atoms with Crippen molar-refractivity contribution < 1.29 is 18.0 Å². The van der Waals surface area contributed by atoms with Crippen molar-refractivity contribution in [1.82, 2.24) is 14.9 Å². The topological polar surface area (TPSA) is 46.9 Å². The van der Waals surface area contributed by atoms with Crippen molar-refractivity contribution in [1.29, 1.82) is 0 Å². The highest BCUT2D eigenvalue weighted by molar-refractivity contribution is 5.95. The molecule has 1 N–H and O–H groups in total.